The van der Waals surface area contributed by atoms with Crippen molar-refractivity contribution in [1.29, 1.82) is 0 Å². The second kappa shape index (κ2) is 5.27. The van der Waals surface area contributed by atoms with E-state index in [9.17, 15) is 4.39 Å². The third kappa shape index (κ3) is 2.61. The van der Waals surface area contributed by atoms with E-state index >= 15 is 0 Å². The van der Waals surface area contributed by atoms with Crippen LogP contribution in [-0.2, 0) is 6.54 Å². The van der Waals surface area contributed by atoms with Crippen molar-refractivity contribution in [3.8, 4) is 0 Å². The van der Waals surface area contributed by atoms with Crippen molar-refractivity contribution in [2.24, 2.45) is 0 Å². The molecule has 0 fully saturated rings. The molecule has 0 N–H and O–H groups in total. The van der Waals surface area contributed by atoms with Crippen LogP contribution in [0.4, 0.5) is 4.39 Å². The topological polar surface area (TPSA) is 56.7 Å². The lowest BCUT2D eigenvalue weighted by molar-refractivity contribution is 0.386. The number of halogens is 3. The van der Waals surface area contributed by atoms with Crippen LogP contribution >= 0.6 is 23.2 Å². The number of aryl methyl sites for hydroxylation is 1. The Hall–Kier alpha value is -1.66. The highest BCUT2D eigenvalue weighted by Gasteiger charge is 2.18. The Bertz CT molecular complexity index is 812. The number of alkyl halides is 1. The third-order valence-electron chi connectivity index (χ3n) is 3.04. The van der Waals surface area contributed by atoms with Gasteiger partial charge in [-0.05, 0) is 13.0 Å². The summed E-state index contributed by atoms with van der Waals surface area (Å²) in [6, 6.07) is 2.81. The summed E-state index contributed by atoms with van der Waals surface area (Å²) in [5, 5.41) is 3.51. The van der Waals surface area contributed by atoms with E-state index in [4.69, 9.17) is 27.7 Å². The number of nitrogens with zero attached hydrogens (tertiary/aromatic N) is 4. The molecule has 0 aliphatic heterocycles. The predicted octanol–water partition coefficient (Wildman–Crippen LogP) is 3.87. The van der Waals surface area contributed by atoms with Gasteiger partial charge in [-0.25, -0.2) is 9.37 Å². The Morgan fingerprint density at radius 3 is 2.76 bits per heavy atom. The normalized spacial score (nSPS) is 13.0. The number of benzene rings is 1. The fourth-order valence-electron chi connectivity index (χ4n) is 2.16. The summed E-state index contributed by atoms with van der Waals surface area (Å²) < 4.78 is 20.4. The highest BCUT2D eigenvalue weighted by Crippen LogP contribution is 2.28. The molecule has 2 aromatic heterocycles. The van der Waals surface area contributed by atoms with Gasteiger partial charge in [-0.2, -0.15) is 4.98 Å². The van der Waals surface area contributed by atoms with Gasteiger partial charge in [0.05, 0.1) is 28.0 Å². The molecule has 21 heavy (non-hydrogen) atoms. The van der Waals surface area contributed by atoms with Crippen LogP contribution in [0.3, 0.4) is 0 Å². The van der Waals surface area contributed by atoms with Crippen LogP contribution in [0.2, 0.25) is 5.02 Å². The fourth-order valence-corrected chi connectivity index (χ4v) is 2.48. The van der Waals surface area contributed by atoms with E-state index in [1.165, 1.54) is 12.1 Å². The first-order valence-corrected chi connectivity index (χ1v) is 7.05. The lowest BCUT2D eigenvalue weighted by Gasteiger charge is -2.08. The van der Waals surface area contributed by atoms with Crippen molar-refractivity contribution in [1.82, 2.24) is 19.7 Å². The minimum atomic E-state index is -0.511. The van der Waals surface area contributed by atoms with Crippen molar-refractivity contribution in [2.45, 2.75) is 25.8 Å². The van der Waals surface area contributed by atoms with Crippen LogP contribution < -0.4 is 0 Å². The van der Waals surface area contributed by atoms with Crippen LogP contribution in [0.25, 0.3) is 11.0 Å². The maximum atomic E-state index is 13.7. The summed E-state index contributed by atoms with van der Waals surface area (Å²) in [4.78, 5) is 8.55. The smallest absolute Gasteiger partial charge is 0.223 e. The fraction of sp³-hybridized carbons (Fsp3) is 0.308. The van der Waals surface area contributed by atoms with Gasteiger partial charge in [-0.15, -0.1) is 11.6 Å². The molecule has 0 bridgehead atoms. The Kier molecular flexibility index (Phi) is 3.59. The molecule has 3 rings (SSSR count). The molecule has 0 spiro atoms. The largest absolute Gasteiger partial charge is 0.340 e. The SMILES string of the molecule is Cc1nc(Cn2c(C(C)Cl)nc3cc(Cl)c(F)cc32)no1. The van der Waals surface area contributed by atoms with Gasteiger partial charge < -0.3 is 9.09 Å². The molecular formula is C13H11Cl2FN4O. The van der Waals surface area contributed by atoms with Gasteiger partial charge in [0.15, 0.2) is 5.82 Å². The molecule has 8 heteroatoms. The summed E-state index contributed by atoms with van der Waals surface area (Å²) in [7, 11) is 0. The van der Waals surface area contributed by atoms with Crippen LogP contribution in [0.15, 0.2) is 16.7 Å². The molecule has 0 aliphatic rings. The molecular weight excluding hydrogens is 318 g/mol. The molecule has 0 amide bonds. The first-order chi connectivity index (χ1) is 9.95. The summed E-state index contributed by atoms with van der Waals surface area (Å²) >= 11 is 12.0. The number of rotatable bonds is 3. The first kappa shape index (κ1) is 14.3. The highest BCUT2D eigenvalue weighted by atomic mass is 35.5. The van der Waals surface area contributed by atoms with E-state index in [0.717, 1.165) is 0 Å². The molecule has 1 aromatic carbocycles. The second-order valence-corrected chi connectivity index (χ2v) is 5.72. The summed E-state index contributed by atoms with van der Waals surface area (Å²) in [6.07, 6.45) is 0. The zero-order valence-electron chi connectivity index (χ0n) is 11.3. The average molecular weight is 329 g/mol. The number of fused-ring (bicyclic) bond motifs is 1. The van der Waals surface area contributed by atoms with E-state index in [2.05, 4.69) is 15.1 Å². The van der Waals surface area contributed by atoms with Crippen LogP contribution in [0.1, 0.15) is 29.8 Å². The van der Waals surface area contributed by atoms with Crippen molar-refractivity contribution in [2.75, 3.05) is 0 Å². The van der Waals surface area contributed by atoms with E-state index in [1.54, 1.807) is 18.4 Å². The summed E-state index contributed by atoms with van der Waals surface area (Å²) in [6.45, 7) is 3.78. The molecule has 1 unspecified atom stereocenters. The van der Waals surface area contributed by atoms with Crippen molar-refractivity contribution >= 4 is 34.2 Å². The van der Waals surface area contributed by atoms with Gasteiger partial charge in [-0.1, -0.05) is 16.8 Å². The number of aromatic nitrogens is 4. The Labute approximate surface area is 129 Å². The Morgan fingerprint density at radius 2 is 2.14 bits per heavy atom. The number of hydrogen-bond donors (Lipinski definition) is 0. The second-order valence-electron chi connectivity index (χ2n) is 4.66. The lowest BCUT2D eigenvalue weighted by Crippen LogP contribution is -2.07. The predicted molar refractivity (Wildman–Crippen MR) is 77.1 cm³/mol. The van der Waals surface area contributed by atoms with E-state index < -0.39 is 5.82 Å². The third-order valence-corrected chi connectivity index (χ3v) is 3.53. The van der Waals surface area contributed by atoms with Crippen LogP contribution in [-0.4, -0.2) is 19.7 Å². The van der Waals surface area contributed by atoms with Crippen molar-refractivity contribution in [3.63, 3.8) is 0 Å². The summed E-state index contributed by atoms with van der Waals surface area (Å²) in [5.41, 5.74) is 1.16. The van der Waals surface area contributed by atoms with Gasteiger partial charge in [0, 0.05) is 13.0 Å². The van der Waals surface area contributed by atoms with Gasteiger partial charge in [0.1, 0.15) is 11.6 Å². The molecule has 0 radical (unpaired) electrons. The minimum Gasteiger partial charge on any atom is -0.340 e. The molecule has 3 aromatic rings. The number of hydrogen-bond acceptors (Lipinski definition) is 4. The van der Waals surface area contributed by atoms with Gasteiger partial charge in [-0.3, -0.25) is 0 Å². The van der Waals surface area contributed by atoms with Gasteiger partial charge >= 0.3 is 0 Å². The molecule has 1 atom stereocenters. The molecule has 110 valence electrons. The van der Waals surface area contributed by atoms with Crippen LogP contribution in [0, 0.1) is 12.7 Å². The van der Waals surface area contributed by atoms with Crippen molar-refractivity contribution < 1.29 is 8.91 Å². The molecule has 0 aliphatic carbocycles. The molecule has 5 nitrogen and oxygen atoms in total. The van der Waals surface area contributed by atoms with Gasteiger partial charge in [0.2, 0.25) is 5.89 Å². The van der Waals surface area contributed by atoms with E-state index in [0.29, 0.717) is 35.1 Å². The lowest BCUT2D eigenvalue weighted by atomic mass is 10.3. The zero-order valence-corrected chi connectivity index (χ0v) is 12.8. The van der Waals surface area contributed by atoms with Gasteiger partial charge in [0.25, 0.3) is 0 Å². The van der Waals surface area contributed by atoms with E-state index in [-0.39, 0.29) is 10.4 Å². The quantitative estimate of drug-likeness (QED) is 0.685. The molecule has 0 saturated heterocycles. The molecule has 2 heterocycles. The van der Waals surface area contributed by atoms with E-state index in [1.807, 2.05) is 0 Å². The first-order valence-electron chi connectivity index (χ1n) is 6.24. The summed E-state index contributed by atoms with van der Waals surface area (Å²) in [5.74, 6) is 1.02. The average Bonchev–Trinajstić information content (AvgIpc) is 2.96. The van der Waals surface area contributed by atoms with Crippen LogP contribution in [0.5, 0.6) is 0 Å². The standard InChI is InChI=1S/C13H11Cl2FN4O/c1-6(14)13-18-10-3-8(15)9(16)4-11(10)20(13)5-12-17-7(2)21-19-12/h3-4,6H,5H2,1-2H3. The molecule has 0 saturated carbocycles. The maximum absolute atomic E-state index is 13.7. The number of imidazole rings is 1. The highest BCUT2D eigenvalue weighted by molar-refractivity contribution is 6.31. The maximum Gasteiger partial charge on any atom is 0.223 e. The minimum absolute atomic E-state index is 0.0244. The Balaban J connectivity index is 2.17. The monoisotopic (exact) mass is 328 g/mol. The Morgan fingerprint density at radius 1 is 1.38 bits per heavy atom. The van der Waals surface area contributed by atoms with Crippen molar-refractivity contribution in [3.05, 3.63) is 40.5 Å². The zero-order chi connectivity index (χ0) is 15.1.